The summed E-state index contributed by atoms with van der Waals surface area (Å²) in [6.45, 7) is 6.55. The predicted octanol–water partition coefficient (Wildman–Crippen LogP) is 25.0. The number of hydrogen-bond acceptors (Lipinski definition) is 6. The molecule has 0 aliphatic heterocycles. The summed E-state index contributed by atoms with van der Waals surface area (Å²) < 4.78 is 17.0. The highest BCUT2D eigenvalue weighted by atomic mass is 16.6. The van der Waals surface area contributed by atoms with Crippen LogP contribution in [0.25, 0.3) is 0 Å². The normalized spacial score (nSPS) is 12.6. The van der Waals surface area contributed by atoms with Crippen LogP contribution in [0.3, 0.4) is 0 Å². The Morgan fingerprint density at radius 1 is 0.253 bits per heavy atom. The van der Waals surface area contributed by atoms with Gasteiger partial charge in [0.25, 0.3) is 0 Å². The number of rotatable bonds is 66. The Balaban J connectivity index is 4.41. The molecule has 480 valence electrons. The van der Waals surface area contributed by atoms with Gasteiger partial charge in [0.2, 0.25) is 0 Å². The molecule has 0 heterocycles. The number of hydrogen-bond donors (Lipinski definition) is 0. The molecule has 0 aromatic heterocycles. The van der Waals surface area contributed by atoms with E-state index < -0.39 is 6.10 Å². The summed E-state index contributed by atoms with van der Waals surface area (Å²) in [6.07, 6.45) is 94.7. The Hall–Kier alpha value is -3.41. The van der Waals surface area contributed by atoms with Crippen LogP contribution < -0.4 is 0 Å². The molecule has 0 saturated carbocycles. The molecule has 0 spiro atoms. The lowest BCUT2D eigenvalue weighted by atomic mass is 10.0. The van der Waals surface area contributed by atoms with E-state index in [1.54, 1.807) is 0 Å². The van der Waals surface area contributed by atoms with Crippen LogP contribution in [0.15, 0.2) is 85.1 Å². The number of unbranched alkanes of at least 4 members (excludes halogenated alkanes) is 41. The molecule has 1 atom stereocenters. The van der Waals surface area contributed by atoms with E-state index in [4.69, 9.17) is 14.2 Å². The first-order valence-electron chi connectivity index (χ1n) is 36.1. The molecule has 0 aromatic rings. The average molecular weight is 1160 g/mol. The van der Waals surface area contributed by atoms with E-state index in [1.807, 2.05) is 0 Å². The largest absolute Gasteiger partial charge is 0.462 e. The smallest absolute Gasteiger partial charge is 0.306 e. The summed E-state index contributed by atoms with van der Waals surface area (Å²) in [7, 11) is 0. The minimum atomic E-state index is -0.801. The fourth-order valence-corrected chi connectivity index (χ4v) is 10.5. The molecule has 0 aliphatic rings. The quantitative estimate of drug-likeness (QED) is 0.0261. The fraction of sp³-hybridized carbons (Fsp3) is 0.779. The van der Waals surface area contributed by atoms with Crippen LogP contribution in [-0.4, -0.2) is 37.2 Å². The lowest BCUT2D eigenvalue weighted by Gasteiger charge is -2.18. The number of carbonyl (C=O) groups excluding carboxylic acids is 3. The van der Waals surface area contributed by atoms with E-state index in [2.05, 4.69) is 106 Å². The van der Waals surface area contributed by atoms with Crippen LogP contribution in [0.2, 0.25) is 0 Å². The molecule has 0 saturated heterocycles. The molecule has 1 unspecified atom stereocenters. The van der Waals surface area contributed by atoms with Gasteiger partial charge in [-0.2, -0.15) is 0 Å². The molecule has 0 rings (SSSR count). The van der Waals surface area contributed by atoms with Gasteiger partial charge in [0.1, 0.15) is 13.2 Å². The molecule has 0 bridgehead atoms. The van der Waals surface area contributed by atoms with Gasteiger partial charge >= 0.3 is 17.9 Å². The van der Waals surface area contributed by atoms with Crippen LogP contribution in [0.5, 0.6) is 0 Å². The van der Waals surface area contributed by atoms with Crippen molar-refractivity contribution in [3.63, 3.8) is 0 Å². The molecule has 83 heavy (non-hydrogen) atoms. The van der Waals surface area contributed by atoms with Gasteiger partial charge in [0, 0.05) is 19.3 Å². The first kappa shape index (κ1) is 79.6. The Bertz CT molecular complexity index is 1570. The monoisotopic (exact) mass is 1160 g/mol. The summed E-state index contributed by atoms with van der Waals surface area (Å²) in [5, 5.41) is 0. The van der Waals surface area contributed by atoms with E-state index >= 15 is 0 Å². The highest BCUT2D eigenvalue weighted by Gasteiger charge is 2.19. The lowest BCUT2D eigenvalue weighted by molar-refractivity contribution is -0.167. The first-order chi connectivity index (χ1) is 41.0. The summed E-state index contributed by atoms with van der Waals surface area (Å²) >= 11 is 0. The van der Waals surface area contributed by atoms with E-state index in [1.165, 1.54) is 231 Å². The van der Waals surface area contributed by atoms with Gasteiger partial charge in [-0.05, 0) is 96.3 Å². The zero-order chi connectivity index (χ0) is 59.9. The van der Waals surface area contributed by atoms with Crippen molar-refractivity contribution in [3.8, 4) is 0 Å². The Morgan fingerprint density at radius 2 is 0.470 bits per heavy atom. The average Bonchev–Trinajstić information content (AvgIpc) is 3.49. The molecule has 0 aliphatic carbocycles. The number of esters is 3. The maximum absolute atomic E-state index is 13.0. The minimum absolute atomic E-state index is 0.0908. The van der Waals surface area contributed by atoms with Crippen molar-refractivity contribution >= 4 is 17.9 Å². The van der Waals surface area contributed by atoms with Gasteiger partial charge in [-0.1, -0.05) is 337 Å². The molecule has 6 nitrogen and oxygen atoms in total. The van der Waals surface area contributed by atoms with Gasteiger partial charge in [-0.3, -0.25) is 14.4 Å². The van der Waals surface area contributed by atoms with E-state index in [0.29, 0.717) is 19.3 Å². The SMILES string of the molecule is CC/C=C\C/C=C\C/C=C\C/C=C\C/C=C\C/C=C\CCCCC(=O)OC(COC(=O)CCCCCCCCCCCCC/C=C\CCCCCCCCCC)COC(=O)CCCCCCCCCCCCCCCCCCCCCCC. The summed E-state index contributed by atoms with van der Waals surface area (Å²) in [5.41, 5.74) is 0. The number of carbonyl (C=O) groups is 3. The van der Waals surface area contributed by atoms with Gasteiger partial charge in [0.05, 0.1) is 0 Å². The molecule has 0 aromatic carbocycles. The van der Waals surface area contributed by atoms with Crippen molar-refractivity contribution in [2.45, 2.75) is 374 Å². The third-order valence-electron chi connectivity index (χ3n) is 15.9. The summed E-state index contributed by atoms with van der Waals surface area (Å²) in [6, 6.07) is 0. The maximum atomic E-state index is 13.0. The molecule has 0 amide bonds. The number of ether oxygens (including phenoxy) is 3. The van der Waals surface area contributed by atoms with E-state index in [9.17, 15) is 14.4 Å². The molecule has 0 radical (unpaired) electrons. The third-order valence-corrected chi connectivity index (χ3v) is 15.9. The Morgan fingerprint density at radius 3 is 0.771 bits per heavy atom. The molecule has 0 fully saturated rings. The second-order valence-corrected chi connectivity index (χ2v) is 24.1. The van der Waals surface area contributed by atoms with Crippen molar-refractivity contribution in [1.82, 2.24) is 0 Å². The second-order valence-electron chi connectivity index (χ2n) is 24.1. The van der Waals surface area contributed by atoms with Gasteiger partial charge in [0.15, 0.2) is 6.10 Å². The van der Waals surface area contributed by atoms with Crippen molar-refractivity contribution in [2.75, 3.05) is 13.2 Å². The summed E-state index contributed by atoms with van der Waals surface area (Å²) in [4.78, 5) is 38.5. The highest BCUT2D eigenvalue weighted by Crippen LogP contribution is 2.18. The molecular formula is C77H136O6. The zero-order valence-corrected chi connectivity index (χ0v) is 55.2. The van der Waals surface area contributed by atoms with E-state index in [-0.39, 0.29) is 37.5 Å². The van der Waals surface area contributed by atoms with Crippen molar-refractivity contribution in [3.05, 3.63) is 85.1 Å². The van der Waals surface area contributed by atoms with Crippen LogP contribution in [0.1, 0.15) is 367 Å². The molecular weight excluding hydrogens is 1020 g/mol. The van der Waals surface area contributed by atoms with E-state index in [0.717, 1.165) is 89.9 Å². The fourth-order valence-electron chi connectivity index (χ4n) is 10.5. The lowest BCUT2D eigenvalue weighted by Crippen LogP contribution is -2.30. The third kappa shape index (κ3) is 69.3. The molecule has 6 heteroatoms. The maximum Gasteiger partial charge on any atom is 0.306 e. The van der Waals surface area contributed by atoms with Crippen LogP contribution >= 0.6 is 0 Å². The Labute approximate surface area is 515 Å². The molecule has 0 N–H and O–H groups in total. The predicted molar refractivity (Wildman–Crippen MR) is 362 cm³/mol. The number of allylic oxidation sites excluding steroid dienone is 14. The highest BCUT2D eigenvalue weighted by molar-refractivity contribution is 5.71. The van der Waals surface area contributed by atoms with Crippen LogP contribution in [0, 0.1) is 0 Å². The summed E-state index contributed by atoms with van der Waals surface area (Å²) in [5.74, 6) is -0.914. The topological polar surface area (TPSA) is 78.9 Å². The Kier molecular flexibility index (Phi) is 68.2. The van der Waals surface area contributed by atoms with Crippen LogP contribution in [-0.2, 0) is 28.6 Å². The minimum Gasteiger partial charge on any atom is -0.462 e. The second kappa shape index (κ2) is 71.1. The first-order valence-corrected chi connectivity index (χ1v) is 36.1. The zero-order valence-electron chi connectivity index (χ0n) is 55.2. The van der Waals surface area contributed by atoms with Gasteiger partial charge in [-0.15, -0.1) is 0 Å². The van der Waals surface area contributed by atoms with Gasteiger partial charge in [-0.25, -0.2) is 0 Å². The van der Waals surface area contributed by atoms with Crippen molar-refractivity contribution in [1.29, 1.82) is 0 Å². The van der Waals surface area contributed by atoms with Crippen molar-refractivity contribution < 1.29 is 28.6 Å². The van der Waals surface area contributed by atoms with Crippen molar-refractivity contribution in [2.24, 2.45) is 0 Å². The standard InChI is InChI=1S/C77H136O6/c1-4-7-10-13-16-19-22-25-28-31-34-37-38-41-43-46-49-52-55-58-61-64-67-70-76(79)82-73-74(83-77(80)71-68-65-62-59-56-53-50-47-44-40-36-33-30-27-24-21-18-15-12-9-6-3)72-81-75(78)69-66-63-60-57-54-51-48-45-42-39-35-32-29-26-23-20-17-14-11-8-5-2/h9,12,18,21,27,30-31,34,36,40,47,50,56,59,74H,4-8,10-11,13-17,19-20,22-26,28-29,32-33,35,37-39,41-46,48-49,51-55,57-58,60-73H2,1-3H3/b12-9-,21-18-,30-27-,34-31-,40-36-,50-47-,59-56-. The van der Waals surface area contributed by atoms with Gasteiger partial charge < -0.3 is 14.2 Å². The van der Waals surface area contributed by atoms with Crippen LogP contribution in [0.4, 0.5) is 0 Å².